The molecule has 0 radical (unpaired) electrons. The number of benzene rings is 2. The molecule has 2 fully saturated rings. The first-order valence-electron chi connectivity index (χ1n) is 14.1. The number of anilines is 1. The molecule has 1 aliphatic carbocycles. The van der Waals surface area contributed by atoms with E-state index in [0.717, 1.165) is 75.2 Å². The summed E-state index contributed by atoms with van der Waals surface area (Å²) in [5.41, 5.74) is 9.73. The van der Waals surface area contributed by atoms with E-state index in [-0.39, 0.29) is 18.0 Å². The van der Waals surface area contributed by atoms with E-state index in [1.165, 1.54) is 0 Å². The van der Waals surface area contributed by atoms with Crippen LogP contribution in [0.1, 0.15) is 68.8 Å². The fraction of sp³-hybridized carbons (Fsp3) is 0.567. The monoisotopic (exact) mass is 507 g/mol. The first-order valence-corrected chi connectivity index (χ1v) is 14.1. The third kappa shape index (κ3) is 4.91. The molecule has 37 heavy (non-hydrogen) atoms. The van der Waals surface area contributed by atoms with E-state index in [4.69, 9.17) is 19.9 Å². The lowest BCUT2D eigenvalue weighted by atomic mass is 9.98. The van der Waals surface area contributed by atoms with Crippen LogP contribution in [0.2, 0.25) is 0 Å². The molecule has 0 aromatic heterocycles. The fourth-order valence-electron chi connectivity index (χ4n) is 6.11. The summed E-state index contributed by atoms with van der Waals surface area (Å²) in [6, 6.07) is 7.63. The summed E-state index contributed by atoms with van der Waals surface area (Å²) in [7, 11) is 0. The molecule has 2 aromatic carbocycles. The Hall–Kier alpha value is -2.77. The molecule has 2 aliphatic heterocycles. The van der Waals surface area contributed by atoms with Crippen LogP contribution in [0, 0.1) is 11.8 Å². The summed E-state index contributed by atoms with van der Waals surface area (Å²) < 4.78 is 19.4. The second kappa shape index (κ2) is 11.3. The second-order valence-corrected chi connectivity index (χ2v) is 10.5. The second-order valence-electron chi connectivity index (χ2n) is 10.5. The molecule has 2 aromatic rings. The minimum absolute atomic E-state index is 0.0254. The van der Waals surface area contributed by atoms with Crippen molar-refractivity contribution < 1.29 is 19.0 Å². The summed E-state index contributed by atoms with van der Waals surface area (Å²) in [4.78, 5) is 13.8. The number of hydrogen-bond donors (Lipinski definition) is 3. The Kier molecular flexibility index (Phi) is 7.91. The van der Waals surface area contributed by atoms with Crippen LogP contribution >= 0.6 is 0 Å². The molecule has 200 valence electrons. The van der Waals surface area contributed by atoms with Crippen LogP contribution in [0.5, 0.6) is 17.2 Å². The van der Waals surface area contributed by atoms with Crippen molar-refractivity contribution in [2.24, 2.45) is 11.8 Å². The van der Waals surface area contributed by atoms with E-state index in [9.17, 15) is 4.79 Å². The van der Waals surface area contributed by atoms with Crippen LogP contribution < -0.4 is 30.6 Å². The van der Waals surface area contributed by atoms with E-state index in [2.05, 4.69) is 31.4 Å². The van der Waals surface area contributed by atoms with Crippen LogP contribution in [-0.4, -0.2) is 50.8 Å². The minimum Gasteiger partial charge on any atom is -0.493 e. The molecule has 0 spiro atoms. The molecule has 3 aliphatic rings. The molecule has 7 nitrogen and oxygen atoms in total. The Balaban J connectivity index is 1.57. The van der Waals surface area contributed by atoms with Gasteiger partial charge in [0.05, 0.1) is 17.9 Å². The maximum atomic E-state index is 13.8. The number of carbonyl (C=O) groups is 1. The quantitative estimate of drug-likeness (QED) is 0.321. The smallest absolute Gasteiger partial charge is 0.196 e. The lowest BCUT2D eigenvalue weighted by Crippen LogP contribution is -2.28. The van der Waals surface area contributed by atoms with Crippen molar-refractivity contribution in [2.75, 3.05) is 38.5 Å². The van der Waals surface area contributed by atoms with Crippen LogP contribution in [0.15, 0.2) is 24.3 Å². The van der Waals surface area contributed by atoms with Crippen molar-refractivity contribution in [2.45, 2.75) is 65.1 Å². The Morgan fingerprint density at radius 2 is 1.54 bits per heavy atom. The van der Waals surface area contributed by atoms with Gasteiger partial charge in [0.2, 0.25) is 0 Å². The van der Waals surface area contributed by atoms with Crippen LogP contribution in [0.3, 0.4) is 0 Å². The van der Waals surface area contributed by atoms with Gasteiger partial charge >= 0.3 is 0 Å². The first-order chi connectivity index (χ1) is 18.1. The van der Waals surface area contributed by atoms with Gasteiger partial charge in [-0.1, -0.05) is 32.9 Å². The number of nitrogens with two attached hydrogens (primary N) is 1. The first kappa shape index (κ1) is 25.9. The van der Waals surface area contributed by atoms with Gasteiger partial charge in [0.15, 0.2) is 5.78 Å². The zero-order chi connectivity index (χ0) is 25.9. The van der Waals surface area contributed by atoms with Crippen molar-refractivity contribution in [3.8, 4) is 28.4 Å². The van der Waals surface area contributed by atoms with Gasteiger partial charge in [0.1, 0.15) is 29.5 Å². The Labute approximate surface area is 220 Å². The molecule has 2 heterocycles. The lowest BCUT2D eigenvalue weighted by molar-refractivity contribution is 0.104. The highest BCUT2D eigenvalue weighted by atomic mass is 16.5. The predicted molar refractivity (Wildman–Crippen MR) is 147 cm³/mol. The van der Waals surface area contributed by atoms with Crippen molar-refractivity contribution in [1.82, 2.24) is 10.6 Å². The third-order valence-electron chi connectivity index (χ3n) is 8.11. The van der Waals surface area contributed by atoms with Gasteiger partial charge in [0.25, 0.3) is 0 Å². The standard InChI is InChI=1S/C30H41N3O4/c1-4-14-35-24-15-25(37-22(6-3)19-11-13-33-17-19)29(31)28-27(24)26-20(30(28)34)8-7-9-23(26)36-21(5-2)18-10-12-32-16-18/h7-9,15,18-19,21-22,32-33H,4-6,10-14,16-17,31H2,1-3H3. The van der Waals surface area contributed by atoms with E-state index in [1.54, 1.807) is 0 Å². The number of carbonyl (C=O) groups excluding carboxylic acids is 1. The molecular formula is C30H41N3O4. The van der Waals surface area contributed by atoms with E-state index in [0.29, 0.717) is 46.8 Å². The predicted octanol–water partition coefficient (Wildman–Crippen LogP) is 4.80. The summed E-state index contributed by atoms with van der Waals surface area (Å²) in [6.07, 6.45) is 4.89. The number of fused-ring (bicyclic) bond motifs is 3. The average molecular weight is 508 g/mol. The van der Waals surface area contributed by atoms with Gasteiger partial charge < -0.3 is 30.6 Å². The molecule has 2 saturated heterocycles. The largest absolute Gasteiger partial charge is 0.493 e. The maximum absolute atomic E-state index is 13.8. The summed E-state index contributed by atoms with van der Waals surface area (Å²) in [5, 5.41) is 6.87. The third-order valence-corrected chi connectivity index (χ3v) is 8.11. The molecule has 7 heteroatoms. The molecule has 0 bridgehead atoms. The number of nitrogens with one attached hydrogen (secondary N) is 2. The fourth-order valence-corrected chi connectivity index (χ4v) is 6.11. The normalized spacial score (nSPS) is 22.0. The van der Waals surface area contributed by atoms with Crippen LogP contribution in [-0.2, 0) is 0 Å². The van der Waals surface area contributed by atoms with E-state index < -0.39 is 0 Å². The molecule has 0 saturated carbocycles. The van der Waals surface area contributed by atoms with Gasteiger partial charge in [-0.3, -0.25) is 4.79 Å². The summed E-state index contributed by atoms with van der Waals surface area (Å²) in [5.74, 6) is 2.67. The molecule has 4 atom stereocenters. The maximum Gasteiger partial charge on any atom is 0.196 e. The molecule has 4 unspecified atom stereocenters. The Morgan fingerprint density at radius 3 is 2.11 bits per heavy atom. The van der Waals surface area contributed by atoms with Crippen molar-refractivity contribution in [1.29, 1.82) is 0 Å². The highest BCUT2D eigenvalue weighted by Crippen LogP contribution is 2.52. The minimum atomic E-state index is -0.0917. The van der Waals surface area contributed by atoms with Crippen LogP contribution in [0.4, 0.5) is 5.69 Å². The number of rotatable bonds is 11. The molecule has 5 rings (SSSR count). The van der Waals surface area contributed by atoms with Gasteiger partial charge in [0, 0.05) is 47.7 Å². The van der Waals surface area contributed by atoms with Crippen LogP contribution in [0.25, 0.3) is 11.1 Å². The van der Waals surface area contributed by atoms with Crippen molar-refractivity contribution >= 4 is 11.5 Å². The lowest BCUT2D eigenvalue weighted by Gasteiger charge is -2.26. The topological polar surface area (TPSA) is 94.8 Å². The van der Waals surface area contributed by atoms with Gasteiger partial charge in [-0.05, 0) is 51.3 Å². The number of ketones is 1. The van der Waals surface area contributed by atoms with E-state index >= 15 is 0 Å². The molecule has 0 amide bonds. The Bertz CT molecular complexity index is 1120. The number of nitrogen functional groups attached to an aromatic ring is 1. The SMILES string of the molecule is CCCOc1cc(OC(CC)C2CCNC2)c(N)c2c1-c1c(OC(CC)C3CCNC3)cccc1C2=O. The van der Waals surface area contributed by atoms with Crippen molar-refractivity contribution in [3.63, 3.8) is 0 Å². The Morgan fingerprint density at radius 1 is 0.892 bits per heavy atom. The number of hydrogen-bond acceptors (Lipinski definition) is 7. The van der Waals surface area contributed by atoms with E-state index in [1.807, 2.05) is 24.3 Å². The summed E-state index contributed by atoms with van der Waals surface area (Å²) >= 11 is 0. The van der Waals surface area contributed by atoms with Gasteiger partial charge in [-0.25, -0.2) is 0 Å². The zero-order valence-corrected chi connectivity index (χ0v) is 22.4. The van der Waals surface area contributed by atoms with Gasteiger partial charge in [-0.2, -0.15) is 0 Å². The highest BCUT2D eigenvalue weighted by molar-refractivity contribution is 6.26. The van der Waals surface area contributed by atoms with Crippen molar-refractivity contribution in [3.05, 3.63) is 35.4 Å². The number of ether oxygens (including phenoxy) is 3. The molecular weight excluding hydrogens is 466 g/mol. The highest BCUT2D eigenvalue weighted by Gasteiger charge is 2.38. The zero-order valence-electron chi connectivity index (χ0n) is 22.4. The average Bonchev–Trinajstić information content (AvgIpc) is 3.69. The molecule has 4 N–H and O–H groups in total. The summed E-state index contributed by atoms with van der Waals surface area (Å²) in [6.45, 7) is 10.8. The van der Waals surface area contributed by atoms with Gasteiger partial charge in [-0.15, -0.1) is 0 Å².